The summed E-state index contributed by atoms with van der Waals surface area (Å²) in [6.07, 6.45) is 1.64. The fourth-order valence-electron chi connectivity index (χ4n) is 1.47. The van der Waals surface area contributed by atoms with Crippen LogP contribution in [-0.4, -0.2) is 11.0 Å². The van der Waals surface area contributed by atoms with Gasteiger partial charge in [0.05, 0.1) is 11.3 Å². The zero-order chi connectivity index (χ0) is 13.0. The number of nitrogen functional groups attached to an aromatic ring is 2. The Hall–Kier alpha value is -2.56. The van der Waals surface area contributed by atoms with Crippen LogP contribution in [0.15, 0.2) is 42.6 Å². The Kier molecular flexibility index (Phi) is 3.43. The highest BCUT2D eigenvalue weighted by Crippen LogP contribution is 2.17. The largest absolute Gasteiger partial charge is 0.456 e. The highest BCUT2D eigenvalue weighted by Gasteiger charge is 2.11. The second kappa shape index (κ2) is 5.18. The van der Waals surface area contributed by atoms with Crippen molar-refractivity contribution < 1.29 is 9.53 Å². The summed E-state index contributed by atoms with van der Waals surface area (Å²) in [6, 6.07) is 10.1. The van der Waals surface area contributed by atoms with E-state index in [4.69, 9.17) is 16.2 Å². The van der Waals surface area contributed by atoms with Crippen LogP contribution < -0.4 is 11.5 Å². The first kappa shape index (κ1) is 11.9. The van der Waals surface area contributed by atoms with Crippen molar-refractivity contribution in [3.05, 3.63) is 53.9 Å². The quantitative estimate of drug-likeness (QED) is 0.631. The molecular formula is C13H13N3O2. The van der Waals surface area contributed by atoms with E-state index in [9.17, 15) is 4.79 Å². The fourth-order valence-corrected chi connectivity index (χ4v) is 1.47. The predicted octanol–water partition coefficient (Wildman–Crippen LogP) is 1.60. The van der Waals surface area contributed by atoms with Gasteiger partial charge in [0, 0.05) is 17.6 Å². The smallest absolute Gasteiger partial charge is 0.340 e. The van der Waals surface area contributed by atoms with E-state index < -0.39 is 5.97 Å². The molecule has 0 aliphatic rings. The number of benzene rings is 1. The lowest BCUT2D eigenvalue weighted by molar-refractivity contribution is 0.0469. The summed E-state index contributed by atoms with van der Waals surface area (Å²) >= 11 is 0. The van der Waals surface area contributed by atoms with Crippen molar-refractivity contribution >= 4 is 17.3 Å². The summed E-state index contributed by atoms with van der Waals surface area (Å²) in [6.45, 7) is 0.115. The van der Waals surface area contributed by atoms with Gasteiger partial charge in [-0.25, -0.2) is 4.79 Å². The summed E-state index contributed by atoms with van der Waals surface area (Å²) in [7, 11) is 0. The second-order valence-corrected chi connectivity index (χ2v) is 3.74. The van der Waals surface area contributed by atoms with Crippen molar-refractivity contribution in [1.82, 2.24) is 4.98 Å². The average molecular weight is 243 g/mol. The molecule has 2 aromatic rings. The first-order chi connectivity index (χ1) is 8.66. The molecule has 0 saturated carbocycles. The van der Waals surface area contributed by atoms with E-state index in [2.05, 4.69) is 4.98 Å². The molecule has 5 nitrogen and oxygen atoms in total. The summed E-state index contributed by atoms with van der Waals surface area (Å²) in [5.74, 6) is -0.488. The van der Waals surface area contributed by atoms with Gasteiger partial charge in [-0.1, -0.05) is 6.07 Å². The van der Waals surface area contributed by atoms with Gasteiger partial charge in [-0.2, -0.15) is 0 Å². The fraction of sp³-hybridized carbons (Fsp3) is 0.0769. The predicted molar refractivity (Wildman–Crippen MR) is 68.6 cm³/mol. The van der Waals surface area contributed by atoms with Crippen LogP contribution in [0.1, 0.15) is 16.1 Å². The van der Waals surface area contributed by atoms with Gasteiger partial charge in [-0.15, -0.1) is 0 Å². The number of anilines is 2. The number of pyridine rings is 1. The summed E-state index contributed by atoms with van der Waals surface area (Å²) < 4.78 is 5.11. The molecule has 0 unspecified atom stereocenters. The van der Waals surface area contributed by atoms with Crippen molar-refractivity contribution in [2.45, 2.75) is 6.61 Å². The molecule has 0 aliphatic carbocycles. The lowest BCUT2D eigenvalue weighted by Gasteiger charge is -2.07. The van der Waals surface area contributed by atoms with Crippen LogP contribution in [0.4, 0.5) is 11.4 Å². The molecule has 0 radical (unpaired) electrons. The number of ether oxygens (including phenoxy) is 1. The minimum Gasteiger partial charge on any atom is -0.456 e. The van der Waals surface area contributed by atoms with Crippen LogP contribution >= 0.6 is 0 Å². The molecule has 0 aliphatic heterocycles. The van der Waals surface area contributed by atoms with Crippen LogP contribution in [0, 0.1) is 0 Å². The van der Waals surface area contributed by atoms with Gasteiger partial charge < -0.3 is 16.2 Å². The minimum atomic E-state index is -0.488. The zero-order valence-corrected chi connectivity index (χ0v) is 9.67. The maximum Gasteiger partial charge on any atom is 0.340 e. The van der Waals surface area contributed by atoms with Crippen molar-refractivity contribution in [1.29, 1.82) is 0 Å². The van der Waals surface area contributed by atoms with Crippen molar-refractivity contribution in [2.75, 3.05) is 11.5 Å². The van der Waals surface area contributed by atoms with Crippen LogP contribution in [0.5, 0.6) is 0 Å². The Morgan fingerprint density at radius 2 is 2.06 bits per heavy atom. The third-order valence-electron chi connectivity index (χ3n) is 2.37. The van der Waals surface area contributed by atoms with Crippen LogP contribution in [0.3, 0.4) is 0 Å². The van der Waals surface area contributed by atoms with Gasteiger partial charge in [0.25, 0.3) is 0 Å². The zero-order valence-electron chi connectivity index (χ0n) is 9.67. The Morgan fingerprint density at radius 1 is 1.22 bits per heavy atom. The number of rotatable bonds is 3. The topological polar surface area (TPSA) is 91.2 Å². The molecule has 0 bridgehead atoms. The lowest BCUT2D eigenvalue weighted by Crippen LogP contribution is -2.09. The van der Waals surface area contributed by atoms with Gasteiger partial charge in [0.15, 0.2) is 0 Å². The molecule has 0 saturated heterocycles. The van der Waals surface area contributed by atoms with Crippen molar-refractivity contribution in [3.8, 4) is 0 Å². The highest BCUT2D eigenvalue weighted by atomic mass is 16.5. The number of carbonyl (C=O) groups is 1. The molecule has 0 fully saturated rings. The molecule has 1 aromatic heterocycles. The van der Waals surface area contributed by atoms with E-state index in [-0.39, 0.29) is 6.61 Å². The number of nitrogens with zero attached hydrogens (tertiary/aromatic N) is 1. The third-order valence-corrected chi connectivity index (χ3v) is 2.37. The summed E-state index contributed by atoms with van der Waals surface area (Å²) in [5, 5.41) is 0. The van der Waals surface area contributed by atoms with Gasteiger partial charge in [-0.05, 0) is 30.3 Å². The number of hydrogen-bond acceptors (Lipinski definition) is 5. The second-order valence-electron chi connectivity index (χ2n) is 3.74. The molecule has 18 heavy (non-hydrogen) atoms. The van der Waals surface area contributed by atoms with Gasteiger partial charge in [-0.3, -0.25) is 4.98 Å². The first-order valence-corrected chi connectivity index (χ1v) is 5.39. The molecule has 1 heterocycles. The standard InChI is InChI=1S/C13H13N3O2/c14-9-4-5-11(12(15)7-9)13(17)18-8-10-3-1-2-6-16-10/h1-7H,8,14-15H2. The average Bonchev–Trinajstić information content (AvgIpc) is 2.37. The number of nitrogens with two attached hydrogens (primary N) is 2. The molecule has 2 rings (SSSR count). The third kappa shape index (κ3) is 2.76. The minimum absolute atomic E-state index is 0.115. The molecule has 5 heteroatoms. The Balaban J connectivity index is 2.04. The van der Waals surface area contributed by atoms with Gasteiger partial charge in [0.2, 0.25) is 0 Å². The Morgan fingerprint density at radius 3 is 2.72 bits per heavy atom. The van der Waals surface area contributed by atoms with E-state index in [1.165, 1.54) is 6.07 Å². The molecule has 0 atom stereocenters. The van der Waals surface area contributed by atoms with Crippen LogP contribution in [0.25, 0.3) is 0 Å². The molecule has 0 spiro atoms. The number of aromatic nitrogens is 1. The maximum absolute atomic E-state index is 11.8. The Labute approximate surface area is 104 Å². The van der Waals surface area contributed by atoms with Crippen LogP contribution in [-0.2, 0) is 11.3 Å². The van der Waals surface area contributed by atoms with E-state index in [1.807, 2.05) is 6.07 Å². The van der Waals surface area contributed by atoms with E-state index in [0.717, 1.165) is 0 Å². The van der Waals surface area contributed by atoms with Crippen molar-refractivity contribution in [2.24, 2.45) is 0 Å². The van der Waals surface area contributed by atoms with E-state index in [0.29, 0.717) is 22.6 Å². The van der Waals surface area contributed by atoms with Gasteiger partial charge >= 0.3 is 5.97 Å². The molecule has 4 N–H and O–H groups in total. The molecule has 0 amide bonds. The Bertz CT molecular complexity index is 555. The maximum atomic E-state index is 11.8. The molecule has 92 valence electrons. The van der Waals surface area contributed by atoms with E-state index >= 15 is 0 Å². The number of hydrogen-bond donors (Lipinski definition) is 2. The lowest BCUT2D eigenvalue weighted by atomic mass is 10.1. The first-order valence-electron chi connectivity index (χ1n) is 5.39. The van der Waals surface area contributed by atoms with Crippen molar-refractivity contribution in [3.63, 3.8) is 0 Å². The normalized spacial score (nSPS) is 10.0. The van der Waals surface area contributed by atoms with E-state index in [1.54, 1.807) is 30.5 Å². The van der Waals surface area contributed by atoms with Gasteiger partial charge in [0.1, 0.15) is 6.61 Å². The monoisotopic (exact) mass is 243 g/mol. The summed E-state index contributed by atoms with van der Waals surface area (Å²) in [4.78, 5) is 15.8. The highest BCUT2D eigenvalue weighted by molar-refractivity contribution is 5.95. The molecular weight excluding hydrogens is 230 g/mol. The SMILES string of the molecule is Nc1ccc(C(=O)OCc2ccccn2)c(N)c1. The van der Waals surface area contributed by atoms with Crippen LogP contribution in [0.2, 0.25) is 0 Å². The number of carbonyl (C=O) groups excluding carboxylic acids is 1. The molecule has 1 aromatic carbocycles. The number of esters is 1. The summed E-state index contributed by atoms with van der Waals surface area (Å²) in [5.41, 5.74) is 13.0.